The standard InChI is InChI=1S/C26H24FNO2S/c1-3-20-5-4-6-21(17-20)9-13-24-14-11-22-10-12-23(27)18-26(22)28(24)31(29,30)25-15-7-19(2)8-16-25/h1,4-8,10,12,15-18,24H,9,11,13-14H2,2H3. The predicted molar refractivity (Wildman–Crippen MR) is 122 cm³/mol. The minimum atomic E-state index is -3.84. The number of anilines is 1. The summed E-state index contributed by atoms with van der Waals surface area (Å²) in [6.45, 7) is 1.91. The lowest BCUT2D eigenvalue weighted by Crippen LogP contribution is -2.44. The van der Waals surface area contributed by atoms with Gasteiger partial charge >= 0.3 is 0 Å². The first-order valence-corrected chi connectivity index (χ1v) is 11.8. The third-order valence-corrected chi connectivity index (χ3v) is 7.68. The Hall–Kier alpha value is -3.10. The van der Waals surface area contributed by atoms with Crippen LogP contribution in [0.5, 0.6) is 0 Å². The molecule has 0 aliphatic carbocycles. The van der Waals surface area contributed by atoms with Crippen LogP contribution in [0.3, 0.4) is 0 Å². The van der Waals surface area contributed by atoms with E-state index in [1.807, 2.05) is 31.2 Å². The van der Waals surface area contributed by atoms with Gasteiger partial charge in [0.05, 0.1) is 10.6 Å². The van der Waals surface area contributed by atoms with Crippen molar-refractivity contribution in [2.45, 2.75) is 43.5 Å². The molecule has 5 heteroatoms. The quantitative estimate of drug-likeness (QED) is 0.515. The normalized spacial score (nSPS) is 15.9. The Morgan fingerprint density at radius 3 is 2.61 bits per heavy atom. The van der Waals surface area contributed by atoms with Gasteiger partial charge in [0, 0.05) is 11.6 Å². The molecule has 4 rings (SSSR count). The van der Waals surface area contributed by atoms with Crippen molar-refractivity contribution in [2.75, 3.05) is 4.31 Å². The van der Waals surface area contributed by atoms with E-state index in [1.165, 1.54) is 16.4 Å². The average Bonchev–Trinajstić information content (AvgIpc) is 2.77. The molecule has 0 radical (unpaired) electrons. The van der Waals surface area contributed by atoms with Gasteiger partial charge in [0.2, 0.25) is 0 Å². The summed E-state index contributed by atoms with van der Waals surface area (Å²) in [6.07, 6.45) is 8.20. The molecule has 0 N–H and O–H groups in total. The van der Waals surface area contributed by atoms with Crippen molar-refractivity contribution in [1.82, 2.24) is 0 Å². The molecule has 3 aromatic rings. The molecule has 1 heterocycles. The van der Waals surface area contributed by atoms with E-state index in [0.29, 0.717) is 31.4 Å². The van der Waals surface area contributed by atoms with E-state index in [9.17, 15) is 12.8 Å². The molecule has 1 unspecified atom stereocenters. The number of hydrogen-bond donors (Lipinski definition) is 0. The smallest absolute Gasteiger partial charge is 0.263 e. The molecule has 0 bridgehead atoms. The van der Waals surface area contributed by atoms with Gasteiger partial charge in [0.1, 0.15) is 5.82 Å². The molecule has 0 aromatic heterocycles. The Bertz CT molecular complexity index is 1240. The fourth-order valence-corrected chi connectivity index (χ4v) is 5.89. The number of terminal acetylenes is 1. The minimum Gasteiger partial charge on any atom is -0.263 e. The lowest BCUT2D eigenvalue weighted by atomic mass is 9.93. The zero-order valence-electron chi connectivity index (χ0n) is 17.4. The van der Waals surface area contributed by atoms with Crippen molar-refractivity contribution in [2.24, 2.45) is 0 Å². The molecule has 0 saturated carbocycles. The van der Waals surface area contributed by atoms with Gasteiger partial charge in [0.15, 0.2) is 0 Å². The van der Waals surface area contributed by atoms with Gasteiger partial charge in [-0.25, -0.2) is 12.8 Å². The summed E-state index contributed by atoms with van der Waals surface area (Å²) in [4.78, 5) is 0.217. The molecule has 31 heavy (non-hydrogen) atoms. The first kappa shape index (κ1) is 21.1. The van der Waals surface area contributed by atoms with Gasteiger partial charge in [-0.1, -0.05) is 41.8 Å². The second-order valence-corrected chi connectivity index (χ2v) is 9.78. The van der Waals surface area contributed by atoms with E-state index < -0.39 is 15.8 Å². The highest BCUT2D eigenvalue weighted by molar-refractivity contribution is 7.92. The SMILES string of the molecule is C#Cc1cccc(CCC2CCc3ccc(F)cc3N2S(=O)(=O)c2ccc(C)cc2)c1. The molecular weight excluding hydrogens is 409 g/mol. The van der Waals surface area contributed by atoms with Crippen molar-refractivity contribution in [3.63, 3.8) is 0 Å². The lowest BCUT2D eigenvalue weighted by molar-refractivity contribution is 0.521. The first-order valence-electron chi connectivity index (χ1n) is 10.3. The van der Waals surface area contributed by atoms with Gasteiger partial charge < -0.3 is 0 Å². The Labute approximate surface area is 183 Å². The number of sulfonamides is 1. The highest BCUT2D eigenvalue weighted by atomic mass is 32.2. The fourth-order valence-electron chi connectivity index (χ4n) is 4.15. The first-order chi connectivity index (χ1) is 14.9. The van der Waals surface area contributed by atoms with E-state index in [1.54, 1.807) is 30.3 Å². The van der Waals surface area contributed by atoms with Crippen LogP contribution >= 0.6 is 0 Å². The maximum Gasteiger partial charge on any atom is 0.264 e. The number of halogens is 1. The number of benzene rings is 3. The summed E-state index contributed by atoms with van der Waals surface area (Å²) in [5.74, 6) is 2.20. The van der Waals surface area contributed by atoms with Crippen LogP contribution in [0, 0.1) is 25.1 Å². The van der Waals surface area contributed by atoms with Crippen LogP contribution in [0.15, 0.2) is 71.6 Å². The summed E-state index contributed by atoms with van der Waals surface area (Å²) in [5, 5.41) is 0. The highest BCUT2D eigenvalue weighted by Crippen LogP contribution is 2.37. The second-order valence-electron chi connectivity index (χ2n) is 7.96. The molecule has 158 valence electrons. The van der Waals surface area contributed by atoms with Crippen LogP contribution in [0.2, 0.25) is 0 Å². The fraction of sp³-hybridized carbons (Fsp3) is 0.231. The van der Waals surface area contributed by atoms with E-state index in [0.717, 1.165) is 22.3 Å². The van der Waals surface area contributed by atoms with Crippen molar-refractivity contribution in [1.29, 1.82) is 0 Å². The van der Waals surface area contributed by atoms with Crippen LogP contribution < -0.4 is 4.31 Å². The second kappa shape index (κ2) is 8.56. The van der Waals surface area contributed by atoms with Gasteiger partial charge in [-0.15, -0.1) is 6.42 Å². The number of fused-ring (bicyclic) bond motifs is 1. The zero-order valence-corrected chi connectivity index (χ0v) is 18.2. The molecule has 0 fully saturated rings. The maximum atomic E-state index is 14.1. The summed E-state index contributed by atoms with van der Waals surface area (Å²) in [6, 6.07) is 18.7. The van der Waals surface area contributed by atoms with E-state index in [-0.39, 0.29) is 10.9 Å². The molecule has 0 saturated heterocycles. The zero-order chi connectivity index (χ0) is 22.0. The largest absolute Gasteiger partial charge is 0.264 e. The Balaban J connectivity index is 1.71. The topological polar surface area (TPSA) is 37.4 Å². The molecule has 3 aromatic carbocycles. The molecule has 1 aliphatic heterocycles. The van der Waals surface area contributed by atoms with Crippen molar-refractivity contribution in [3.8, 4) is 12.3 Å². The molecule has 0 spiro atoms. The summed E-state index contributed by atoms with van der Waals surface area (Å²) in [5.41, 5.74) is 4.14. The highest BCUT2D eigenvalue weighted by Gasteiger charge is 2.36. The Kier molecular flexibility index (Phi) is 5.84. The summed E-state index contributed by atoms with van der Waals surface area (Å²) < 4.78 is 42.9. The molecule has 3 nitrogen and oxygen atoms in total. The van der Waals surface area contributed by atoms with Crippen LogP contribution in [-0.2, 0) is 22.9 Å². The van der Waals surface area contributed by atoms with Crippen molar-refractivity contribution >= 4 is 15.7 Å². The van der Waals surface area contributed by atoms with Crippen molar-refractivity contribution < 1.29 is 12.8 Å². The van der Waals surface area contributed by atoms with Gasteiger partial charge in [-0.05, 0) is 80.1 Å². The third-order valence-electron chi connectivity index (χ3n) is 5.80. The Morgan fingerprint density at radius 1 is 1.10 bits per heavy atom. The monoisotopic (exact) mass is 433 g/mol. The average molecular weight is 434 g/mol. The molecule has 1 atom stereocenters. The number of rotatable bonds is 5. The van der Waals surface area contributed by atoms with Crippen LogP contribution in [0.1, 0.15) is 35.1 Å². The summed E-state index contributed by atoms with van der Waals surface area (Å²) >= 11 is 0. The van der Waals surface area contributed by atoms with Crippen LogP contribution in [-0.4, -0.2) is 14.5 Å². The molecule has 1 aliphatic rings. The number of nitrogens with zero attached hydrogens (tertiary/aromatic N) is 1. The van der Waals surface area contributed by atoms with Gasteiger partial charge in [-0.2, -0.15) is 0 Å². The minimum absolute atomic E-state index is 0.217. The Morgan fingerprint density at radius 2 is 1.87 bits per heavy atom. The van der Waals surface area contributed by atoms with E-state index >= 15 is 0 Å². The lowest BCUT2D eigenvalue weighted by Gasteiger charge is -2.38. The van der Waals surface area contributed by atoms with E-state index in [4.69, 9.17) is 6.42 Å². The van der Waals surface area contributed by atoms with Gasteiger partial charge in [-0.3, -0.25) is 4.31 Å². The maximum absolute atomic E-state index is 14.1. The number of aryl methyl sites for hydroxylation is 3. The summed E-state index contributed by atoms with van der Waals surface area (Å²) in [7, 11) is -3.84. The molecule has 0 amide bonds. The van der Waals surface area contributed by atoms with Crippen molar-refractivity contribution in [3.05, 3.63) is 94.8 Å². The van der Waals surface area contributed by atoms with Crippen LogP contribution in [0.25, 0.3) is 0 Å². The van der Waals surface area contributed by atoms with Crippen LogP contribution in [0.4, 0.5) is 10.1 Å². The predicted octanol–water partition coefficient (Wildman–Crippen LogP) is 5.26. The van der Waals surface area contributed by atoms with E-state index in [2.05, 4.69) is 5.92 Å². The van der Waals surface area contributed by atoms with Gasteiger partial charge in [0.25, 0.3) is 10.0 Å². The number of hydrogen-bond acceptors (Lipinski definition) is 2. The third kappa shape index (κ3) is 4.35. The molecular formula is C26H24FNO2S.